The van der Waals surface area contributed by atoms with Crippen LogP contribution in [0.1, 0.15) is 59.3 Å². The van der Waals surface area contributed by atoms with E-state index < -0.39 is 0 Å². The maximum absolute atomic E-state index is 5.67. The highest BCUT2D eigenvalue weighted by Crippen LogP contribution is 2.27. The van der Waals surface area contributed by atoms with Crippen molar-refractivity contribution in [2.75, 3.05) is 19.8 Å². The molecule has 2 heteroatoms. The van der Waals surface area contributed by atoms with Crippen LogP contribution in [-0.2, 0) is 4.74 Å². The van der Waals surface area contributed by atoms with Gasteiger partial charge in [-0.3, -0.25) is 0 Å². The summed E-state index contributed by atoms with van der Waals surface area (Å²) in [4.78, 5) is 0. The Morgan fingerprint density at radius 1 is 1.29 bits per heavy atom. The van der Waals surface area contributed by atoms with E-state index in [-0.39, 0.29) is 0 Å². The minimum absolute atomic E-state index is 0.678. The minimum atomic E-state index is 0.678. The van der Waals surface area contributed by atoms with Crippen LogP contribution < -0.4 is 5.32 Å². The van der Waals surface area contributed by atoms with Crippen LogP contribution in [0.25, 0.3) is 0 Å². The van der Waals surface area contributed by atoms with E-state index >= 15 is 0 Å². The molecule has 0 spiro atoms. The van der Waals surface area contributed by atoms with Gasteiger partial charge in [0.25, 0.3) is 0 Å². The molecule has 1 N–H and O–H groups in total. The smallest absolute Gasteiger partial charge is 0.0509 e. The van der Waals surface area contributed by atoms with Crippen LogP contribution in [-0.4, -0.2) is 25.8 Å². The largest absolute Gasteiger partial charge is 0.381 e. The Morgan fingerprint density at radius 3 is 2.65 bits per heavy atom. The highest BCUT2D eigenvalue weighted by molar-refractivity contribution is 4.83. The van der Waals surface area contributed by atoms with Crippen molar-refractivity contribution in [3.63, 3.8) is 0 Å². The van der Waals surface area contributed by atoms with E-state index in [1.54, 1.807) is 0 Å². The summed E-state index contributed by atoms with van der Waals surface area (Å²) in [6, 6.07) is 0.678. The quantitative estimate of drug-likeness (QED) is 0.701. The summed E-state index contributed by atoms with van der Waals surface area (Å²) < 4.78 is 5.67. The van der Waals surface area contributed by atoms with Gasteiger partial charge >= 0.3 is 0 Å². The van der Waals surface area contributed by atoms with E-state index in [1.165, 1.54) is 38.5 Å². The van der Waals surface area contributed by atoms with Gasteiger partial charge in [-0.05, 0) is 37.6 Å². The van der Waals surface area contributed by atoms with E-state index in [2.05, 4.69) is 26.1 Å². The molecule has 3 unspecified atom stereocenters. The van der Waals surface area contributed by atoms with Crippen molar-refractivity contribution in [1.29, 1.82) is 0 Å². The molecule has 0 radical (unpaired) electrons. The maximum atomic E-state index is 5.67. The molecule has 3 atom stereocenters. The lowest BCUT2D eigenvalue weighted by molar-refractivity contribution is 0.0273. The fraction of sp³-hybridized carbons (Fsp3) is 1.00. The summed E-state index contributed by atoms with van der Waals surface area (Å²) in [7, 11) is 0. The summed E-state index contributed by atoms with van der Waals surface area (Å²) >= 11 is 0. The Kier molecular flexibility index (Phi) is 7.87. The number of hydrogen-bond acceptors (Lipinski definition) is 2. The average molecular weight is 241 g/mol. The standard InChI is InChI=1S/C15H31NO/c1-4-7-9-13(5-2)15(16-6-3)14-10-8-11-17-12-14/h13-16H,4-12H2,1-3H3. The molecule has 1 aliphatic rings. The first-order valence-electron chi connectivity index (χ1n) is 7.64. The van der Waals surface area contributed by atoms with Crippen LogP contribution in [0.4, 0.5) is 0 Å². The van der Waals surface area contributed by atoms with E-state index in [1.807, 2.05) is 0 Å². The normalized spacial score (nSPS) is 24.5. The van der Waals surface area contributed by atoms with Gasteiger partial charge in [0.2, 0.25) is 0 Å². The predicted octanol–water partition coefficient (Wildman–Crippen LogP) is 3.61. The Bertz CT molecular complexity index is 178. The fourth-order valence-electron chi connectivity index (χ4n) is 3.11. The third-order valence-corrected chi connectivity index (χ3v) is 4.10. The molecule has 1 fully saturated rings. The second-order valence-electron chi connectivity index (χ2n) is 5.37. The molecule has 0 amide bonds. The van der Waals surface area contributed by atoms with E-state index in [4.69, 9.17) is 4.74 Å². The van der Waals surface area contributed by atoms with Crippen molar-refractivity contribution < 1.29 is 4.74 Å². The third-order valence-electron chi connectivity index (χ3n) is 4.10. The van der Waals surface area contributed by atoms with Crippen LogP contribution in [0.15, 0.2) is 0 Å². The van der Waals surface area contributed by atoms with E-state index in [9.17, 15) is 0 Å². The Morgan fingerprint density at radius 2 is 2.12 bits per heavy atom. The summed E-state index contributed by atoms with van der Waals surface area (Å²) in [5.74, 6) is 1.58. The van der Waals surface area contributed by atoms with E-state index in [0.717, 1.165) is 31.6 Å². The minimum Gasteiger partial charge on any atom is -0.381 e. The van der Waals surface area contributed by atoms with Gasteiger partial charge in [-0.25, -0.2) is 0 Å². The number of ether oxygens (including phenoxy) is 1. The zero-order chi connectivity index (χ0) is 12.5. The SMILES string of the molecule is CCCCC(CC)C(NCC)C1CCCOC1. The molecule has 0 aromatic rings. The molecule has 17 heavy (non-hydrogen) atoms. The topological polar surface area (TPSA) is 21.3 Å². The summed E-state index contributed by atoms with van der Waals surface area (Å²) in [6.07, 6.45) is 7.96. The fourth-order valence-corrected chi connectivity index (χ4v) is 3.11. The molecule has 102 valence electrons. The monoisotopic (exact) mass is 241 g/mol. The van der Waals surface area contributed by atoms with Crippen LogP contribution >= 0.6 is 0 Å². The molecule has 0 aromatic heterocycles. The highest BCUT2D eigenvalue weighted by Gasteiger charge is 2.28. The molecular formula is C15H31NO. The van der Waals surface area contributed by atoms with Crippen molar-refractivity contribution >= 4 is 0 Å². The zero-order valence-corrected chi connectivity index (χ0v) is 12.0. The predicted molar refractivity (Wildman–Crippen MR) is 74.3 cm³/mol. The zero-order valence-electron chi connectivity index (χ0n) is 12.0. The summed E-state index contributed by atoms with van der Waals surface area (Å²) in [5.41, 5.74) is 0. The van der Waals surface area contributed by atoms with Gasteiger partial charge < -0.3 is 10.1 Å². The lowest BCUT2D eigenvalue weighted by atomic mass is 9.81. The highest BCUT2D eigenvalue weighted by atomic mass is 16.5. The molecule has 2 nitrogen and oxygen atoms in total. The molecule has 1 heterocycles. The average Bonchev–Trinajstić information content (AvgIpc) is 2.39. The molecule has 0 saturated carbocycles. The van der Waals surface area contributed by atoms with Crippen molar-refractivity contribution in [3.8, 4) is 0 Å². The van der Waals surface area contributed by atoms with Gasteiger partial charge in [0.05, 0.1) is 6.61 Å². The lowest BCUT2D eigenvalue weighted by Crippen LogP contribution is -2.45. The van der Waals surface area contributed by atoms with Crippen molar-refractivity contribution in [3.05, 3.63) is 0 Å². The summed E-state index contributed by atoms with van der Waals surface area (Å²) in [5, 5.41) is 3.73. The third kappa shape index (κ3) is 4.97. The first-order chi connectivity index (χ1) is 8.33. The van der Waals surface area contributed by atoms with Gasteiger partial charge in [-0.1, -0.05) is 40.0 Å². The van der Waals surface area contributed by atoms with Gasteiger partial charge in [-0.2, -0.15) is 0 Å². The van der Waals surface area contributed by atoms with Crippen LogP contribution in [0.5, 0.6) is 0 Å². The second kappa shape index (κ2) is 8.93. The van der Waals surface area contributed by atoms with Crippen LogP contribution in [0.2, 0.25) is 0 Å². The van der Waals surface area contributed by atoms with E-state index in [0.29, 0.717) is 6.04 Å². The van der Waals surface area contributed by atoms with Crippen molar-refractivity contribution in [2.45, 2.75) is 65.3 Å². The summed E-state index contributed by atoms with van der Waals surface area (Å²) in [6.45, 7) is 9.89. The molecule has 0 aliphatic carbocycles. The first kappa shape index (κ1) is 15.0. The first-order valence-corrected chi connectivity index (χ1v) is 7.64. The molecule has 1 aliphatic heterocycles. The lowest BCUT2D eigenvalue weighted by Gasteiger charge is -2.36. The van der Waals surface area contributed by atoms with Crippen molar-refractivity contribution in [1.82, 2.24) is 5.32 Å². The van der Waals surface area contributed by atoms with Crippen LogP contribution in [0.3, 0.4) is 0 Å². The number of unbranched alkanes of at least 4 members (excludes halogenated alkanes) is 1. The molecule has 1 saturated heterocycles. The molecule has 1 rings (SSSR count). The number of nitrogens with one attached hydrogen (secondary N) is 1. The second-order valence-corrected chi connectivity index (χ2v) is 5.37. The number of hydrogen-bond donors (Lipinski definition) is 1. The maximum Gasteiger partial charge on any atom is 0.0509 e. The number of rotatable bonds is 8. The Balaban J connectivity index is 2.53. The molecular weight excluding hydrogens is 210 g/mol. The Hall–Kier alpha value is -0.0800. The van der Waals surface area contributed by atoms with Gasteiger partial charge in [0.1, 0.15) is 0 Å². The Labute approximate surface area is 108 Å². The van der Waals surface area contributed by atoms with Crippen molar-refractivity contribution in [2.24, 2.45) is 11.8 Å². The molecule has 0 aromatic carbocycles. The molecule has 0 bridgehead atoms. The van der Waals surface area contributed by atoms with Gasteiger partial charge in [-0.15, -0.1) is 0 Å². The van der Waals surface area contributed by atoms with Gasteiger partial charge in [0.15, 0.2) is 0 Å². The van der Waals surface area contributed by atoms with Gasteiger partial charge in [0, 0.05) is 12.6 Å². The van der Waals surface area contributed by atoms with Crippen LogP contribution in [0, 0.1) is 11.8 Å².